The van der Waals surface area contributed by atoms with Crippen molar-refractivity contribution in [2.75, 3.05) is 31.9 Å². The van der Waals surface area contributed by atoms with Gasteiger partial charge in [-0.05, 0) is 42.8 Å². The monoisotopic (exact) mass is 373 g/mol. The molecule has 6 nitrogen and oxygen atoms in total. The van der Waals surface area contributed by atoms with Gasteiger partial charge in [-0.3, -0.25) is 9.59 Å². The van der Waals surface area contributed by atoms with Crippen LogP contribution in [0.1, 0.15) is 23.9 Å². The summed E-state index contributed by atoms with van der Waals surface area (Å²) in [6, 6.07) is 10.9. The van der Waals surface area contributed by atoms with Gasteiger partial charge in [0.1, 0.15) is 0 Å². The Morgan fingerprint density at radius 1 is 1.12 bits per heavy atom. The second-order valence-electron chi connectivity index (χ2n) is 6.18. The molecule has 1 aromatic carbocycles. The number of rotatable bonds is 5. The summed E-state index contributed by atoms with van der Waals surface area (Å²) < 4.78 is 5.17. The lowest BCUT2D eigenvalue weighted by molar-refractivity contribution is -0.132. The fourth-order valence-corrected chi connectivity index (χ4v) is 3.95. The van der Waals surface area contributed by atoms with Crippen molar-refractivity contribution in [3.63, 3.8) is 0 Å². The Morgan fingerprint density at radius 3 is 2.35 bits per heavy atom. The molecular formula is C19H23N3O3S. The lowest BCUT2D eigenvalue weighted by atomic mass is 10.2. The van der Waals surface area contributed by atoms with Gasteiger partial charge in [-0.25, -0.2) is 0 Å². The molecule has 3 rings (SSSR count). The van der Waals surface area contributed by atoms with Crippen LogP contribution in [0, 0.1) is 0 Å². The number of amides is 2. The summed E-state index contributed by atoms with van der Waals surface area (Å²) in [4.78, 5) is 29.8. The minimum absolute atomic E-state index is 0.120. The third kappa shape index (κ3) is 4.22. The van der Waals surface area contributed by atoms with E-state index in [1.165, 1.54) is 6.26 Å². The maximum Gasteiger partial charge on any atom is 0.289 e. The number of anilines is 1. The number of hydrogen-bond donors (Lipinski definition) is 1. The van der Waals surface area contributed by atoms with Crippen LogP contribution >= 0.6 is 11.8 Å². The average Bonchev–Trinajstić information content (AvgIpc) is 3.21. The van der Waals surface area contributed by atoms with E-state index in [9.17, 15) is 9.59 Å². The summed E-state index contributed by atoms with van der Waals surface area (Å²) in [6.45, 7) is 4.15. The maximum atomic E-state index is 12.9. The SMILES string of the molecule is CCC(Sc1ccc(N)cc1)C(=O)N1CCN(C(=O)c2ccco2)CC1. The highest BCUT2D eigenvalue weighted by molar-refractivity contribution is 8.00. The van der Waals surface area contributed by atoms with Gasteiger partial charge in [0, 0.05) is 36.8 Å². The Labute approximate surface area is 157 Å². The largest absolute Gasteiger partial charge is 0.459 e. The molecule has 138 valence electrons. The van der Waals surface area contributed by atoms with Crippen molar-refractivity contribution in [1.82, 2.24) is 9.80 Å². The first-order valence-corrected chi connectivity index (χ1v) is 9.60. The van der Waals surface area contributed by atoms with Gasteiger partial charge in [0.15, 0.2) is 5.76 Å². The minimum atomic E-state index is -0.133. The van der Waals surface area contributed by atoms with Crippen LogP contribution < -0.4 is 5.73 Å². The summed E-state index contributed by atoms with van der Waals surface area (Å²) in [5.74, 6) is 0.347. The zero-order chi connectivity index (χ0) is 18.5. The molecule has 1 aromatic heterocycles. The van der Waals surface area contributed by atoms with Crippen LogP contribution in [-0.4, -0.2) is 53.0 Å². The molecule has 2 heterocycles. The molecule has 1 saturated heterocycles. The lowest BCUT2D eigenvalue weighted by Gasteiger charge is -2.35. The molecule has 0 spiro atoms. The standard InChI is InChI=1S/C19H23N3O3S/c1-2-17(26-15-7-5-14(20)6-8-15)19(24)22-11-9-21(10-12-22)18(23)16-4-3-13-25-16/h3-8,13,17H,2,9-12,20H2,1H3. The van der Waals surface area contributed by atoms with Crippen LogP contribution in [0.4, 0.5) is 5.69 Å². The van der Waals surface area contributed by atoms with E-state index < -0.39 is 0 Å². The maximum absolute atomic E-state index is 12.9. The molecule has 1 fully saturated rings. The zero-order valence-corrected chi connectivity index (χ0v) is 15.6. The normalized spacial score (nSPS) is 15.7. The lowest BCUT2D eigenvalue weighted by Crippen LogP contribution is -2.52. The number of hydrogen-bond acceptors (Lipinski definition) is 5. The quantitative estimate of drug-likeness (QED) is 0.644. The van der Waals surface area contributed by atoms with E-state index in [1.807, 2.05) is 36.1 Å². The number of piperazine rings is 1. The first-order chi connectivity index (χ1) is 12.6. The summed E-state index contributed by atoms with van der Waals surface area (Å²) in [7, 11) is 0. The smallest absolute Gasteiger partial charge is 0.289 e. The van der Waals surface area contributed by atoms with Crippen LogP contribution in [0.3, 0.4) is 0 Å². The van der Waals surface area contributed by atoms with Gasteiger partial charge in [0.2, 0.25) is 5.91 Å². The van der Waals surface area contributed by atoms with E-state index in [-0.39, 0.29) is 17.1 Å². The zero-order valence-electron chi connectivity index (χ0n) is 14.8. The fraction of sp³-hybridized carbons (Fsp3) is 0.368. The van der Waals surface area contributed by atoms with Crippen molar-refractivity contribution in [1.29, 1.82) is 0 Å². The van der Waals surface area contributed by atoms with Crippen molar-refractivity contribution < 1.29 is 14.0 Å². The summed E-state index contributed by atoms with van der Waals surface area (Å²) in [5.41, 5.74) is 6.43. The second kappa shape index (κ2) is 8.31. The van der Waals surface area contributed by atoms with Crippen LogP contribution in [0.25, 0.3) is 0 Å². The molecule has 2 aromatic rings. The number of nitrogen functional groups attached to an aromatic ring is 1. The molecule has 0 radical (unpaired) electrons. The number of furan rings is 1. The van der Waals surface area contributed by atoms with E-state index in [0.717, 1.165) is 11.3 Å². The fourth-order valence-electron chi connectivity index (χ4n) is 2.91. The first-order valence-electron chi connectivity index (χ1n) is 8.72. The number of benzene rings is 1. The summed E-state index contributed by atoms with van der Waals surface area (Å²) >= 11 is 1.56. The Bertz CT molecular complexity index is 738. The molecule has 2 amide bonds. The second-order valence-corrected chi connectivity index (χ2v) is 7.45. The van der Waals surface area contributed by atoms with Crippen LogP contribution in [0.15, 0.2) is 52.0 Å². The molecule has 1 aliphatic rings. The van der Waals surface area contributed by atoms with E-state index in [2.05, 4.69) is 0 Å². The van der Waals surface area contributed by atoms with Gasteiger partial charge in [-0.2, -0.15) is 0 Å². The Kier molecular flexibility index (Phi) is 5.88. The Balaban J connectivity index is 1.56. The predicted octanol–water partition coefficient (Wildman–Crippen LogP) is 2.72. The predicted molar refractivity (Wildman–Crippen MR) is 102 cm³/mol. The number of nitrogens with two attached hydrogens (primary N) is 1. The molecular weight excluding hydrogens is 350 g/mol. The summed E-state index contributed by atoms with van der Waals surface area (Å²) in [6.07, 6.45) is 2.24. The van der Waals surface area contributed by atoms with Gasteiger partial charge in [-0.15, -0.1) is 11.8 Å². The first kappa shape index (κ1) is 18.4. The Hall–Kier alpha value is -2.41. The van der Waals surface area contributed by atoms with E-state index in [0.29, 0.717) is 37.6 Å². The molecule has 2 N–H and O–H groups in total. The third-order valence-electron chi connectivity index (χ3n) is 4.42. The van der Waals surface area contributed by atoms with E-state index >= 15 is 0 Å². The number of nitrogens with zero attached hydrogens (tertiary/aromatic N) is 2. The van der Waals surface area contributed by atoms with Crippen molar-refractivity contribution >= 4 is 29.3 Å². The molecule has 1 aliphatic heterocycles. The molecule has 26 heavy (non-hydrogen) atoms. The van der Waals surface area contributed by atoms with Crippen molar-refractivity contribution in [3.05, 3.63) is 48.4 Å². The highest BCUT2D eigenvalue weighted by Gasteiger charge is 2.29. The van der Waals surface area contributed by atoms with Gasteiger partial charge in [0.25, 0.3) is 5.91 Å². The van der Waals surface area contributed by atoms with Gasteiger partial charge < -0.3 is 20.0 Å². The van der Waals surface area contributed by atoms with Crippen LogP contribution in [0.2, 0.25) is 0 Å². The number of carbonyl (C=O) groups excluding carboxylic acids is 2. The van der Waals surface area contributed by atoms with Crippen molar-refractivity contribution in [2.24, 2.45) is 0 Å². The number of carbonyl (C=O) groups is 2. The van der Waals surface area contributed by atoms with Gasteiger partial charge in [0.05, 0.1) is 11.5 Å². The van der Waals surface area contributed by atoms with E-state index in [1.54, 1.807) is 28.8 Å². The van der Waals surface area contributed by atoms with Crippen LogP contribution in [-0.2, 0) is 4.79 Å². The van der Waals surface area contributed by atoms with Gasteiger partial charge >= 0.3 is 0 Å². The third-order valence-corrected chi connectivity index (χ3v) is 5.78. The molecule has 1 unspecified atom stereocenters. The van der Waals surface area contributed by atoms with E-state index in [4.69, 9.17) is 10.2 Å². The molecule has 7 heteroatoms. The molecule has 0 saturated carbocycles. The average molecular weight is 373 g/mol. The molecule has 1 atom stereocenters. The Morgan fingerprint density at radius 2 is 1.77 bits per heavy atom. The van der Waals surface area contributed by atoms with Gasteiger partial charge in [-0.1, -0.05) is 6.92 Å². The molecule has 0 bridgehead atoms. The highest BCUT2D eigenvalue weighted by atomic mass is 32.2. The number of thioether (sulfide) groups is 1. The van der Waals surface area contributed by atoms with Crippen molar-refractivity contribution in [2.45, 2.75) is 23.5 Å². The molecule has 0 aliphatic carbocycles. The minimum Gasteiger partial charge on any atom is -0.459 e. The summed E-state index contributed by atoms with van der Waals surface area (Å²) in [5, 5.41) is -0.133. The van der Waals surface area contributed by atoms with Crippen molar-refractivity contribution in [3.8, 4) is 0 Å². The topological polar surface area (TPSA) is 79.8 Å². The van der Waals surface area contributed by atoms with Crippen LogP contribution in [0.5, 0.6) is 0 Å². The highest BCUT2D eigenvalue weighted by Crippen LogP contribution is 2.28.